The molecule has 4 heteroatoms. The van der Waals surface area contributed by atoms with E-state index in [1.54, 1.807) is 25.1 Å². The molecule has 0 saturated carbocycles. The molecule has 0 saturated heterocycles. The van der Waals surface area contributed by atoms with Crippen LogP contribution in [-0.2, 0) is 0 Å². The molecular formula is C11H9F3O. The van der Waals surface area contributed by atoms with E-state index in [2.05, 4.69) is 0 Å². The van der Waals surface area contributed by atoms with Gasteiger partial charge < -0.3 is 0 Å². The Balaban J connectivity index is 2.88. The number of hydrogen-bond donors (Lipinski definition) is 0. The predicted molar refractivity (Wildman–Crippen MR) is 50.7 cm³/mol. The van der Waals surface area contributed by atoms with E-state index >= 15 is 0 Å². The Kier molecular flexibility index (Phi) is 3.29. The number of ketones is 1. The van der Waals surface area contributed by atoms with Gasteiger partial charge in [-0.3, -0.25) is 4.79 Å². The summed E-state index contributed by atoms with van der Waals surface area (Å²) in [6.07, 6.45) is -3.96. The van der Waals surface area contributed by atoms with Crippen molar-refractivity contribution in [2.24, 2.45) is 0 Å². The van der Waals surface area contributed by atoms with Gasteiger partial charge in [0, 0.05) is 11.6 Å². The molecular weight excluding hydrogens is 205 g/mol. The molecule has 0 aliphatic heterocycles. The quantitative estimate of drug-likeness (QED) is 0.545. The van der Waals surface area contributed by atoms with Crippen LogP contribution < -0.4 is 0 Å². The fourth-order valence-corrected chi connectivity index (χ4v) is 1.11. The second-order valence-corrected chi connectivity index (χ2v) is 3.05. The monoisotopic (exact) mass is 214 g/mol. The van der Waals surface area contributed by atoms with E-state index < -0.39 is 12.0 Å². The van der Waals surface area contributed by atoms with Crippen LogP contribution in [0.4, 0.5) is 13.2 Å². The molecule has 15 heavy (non-hydrogen) atoms. The van der Waals surface area contributed by atoms with Gasteiger partial charge in [-0.2, -0.15) is 13.2 Å². The lowest BCUT2D eigenvalue weighted by Gasteiger charge is -2.01. The first-order chi connectivity index (χ1) is 6.90. The van der Waals surface area contributed by atoms with Crippen molar-refractivity contribution >= 4 is 5.78 Å². The third-order valence-electron chi connectivity index (χ3n) is 1.83. The number of carbonyl (C=O) groups is 1. The van der Waals surface area contributed by atoms with Gasteiger partial charge in [0.25, 0.3) is 0 Å². The Morgan fingerprint density at radius 2 is 1.87 bits per heavy atom. The molecule has 0 radical (unpaired) electrons. The Morgan fingerprint density at radius 3 is 2.40 bits per heavy atom. The SMILES string of the molecule is Cc1ccccc1C(=O)/C=C/C(F)(F)F. The molecule has 0 atom stereocenters. The third-order valence-corrected chi connectivity index (χ3v) is 1.83. The number of benzene rings is 1. The topological polar surface area (TPSA) is 17.1 Å². The molecule has 1 rings (SSSR count). The first-order valence-corrected chi connectivity index (χ1v) is 4.26. The third kappa shape index (κ3) is 3.58. The van der Waals surface area contributed by atoms with Crippen LogP contribution in [0.5, 0.6) is 0 Å². The smallest absolute Gasteiger partial charge is 0.289 e. The van der Waals surface area contributed by atoms with Crippen molar-refractivity contribution in [3.05, 3.63) is 47.5 Å². The maximum absolute atomic E-state index is 11.8. The van der Waals surface area contributed by atoms with Gasteiger partial charge in [-0.05, 0) is 18.6 Å². The molecule has 0 N–H and O–H groups in total. The molecule has 0 amide bonds. The van der Waals surface area contributed by atoms with Gasteiger partial charge in [-0.25, -0.2) is 0 Å². The molecule has 0 heterocycles. The maximum Gasteiger partial charge on any atom is 0.409 e. The summed E-state index contributed by atoms with van der Waals surface area (Å²) in [7, 11) is 0. The number of hydrogen-bond acceptors (Lipinski definition) is 1. The van der Waals surface area contributed by atoms with Gasteiger partial charge >= 0.3 is 6.18 Å². The van der Waals surface area contributed by atoms with Crippen LogP contribution in [0.1, 0.15) is 15.9 Å². The lowest BCUT2D eigenvalue weighted by atomic mass is 10.0. The Hall–Kier alpha value is -1.58. The van der Waals surface area contributed by atoms with Crippen LogP contribution >= 0.6 is 0 Å². The second-order valence-electron chi connectivity index (χ2n) is 3.05. The fourth-order valence-electron chi connectivity index (χ4n) is 1.11. The summed E-state index contributed by atoms with van der Waals surface area (Å²) in [5.41, 5.74) is 0.951. The summed E-state index contributed by atoms with van der Waals surface area (Å²) >= 11 is 0. The van der Waals surface area contributed by atoms with Crippen LogP contribution in [-0.4, -0.2) is 12.0 Å². The summed E-state index contributed by atoms with van der Waals surface area (Å²) in [5.74, 6) is -0.634. The predicted octanol–water partition coefficient (Wildman–Crippen LogP) is 3.30. The molecule has 0 aromatic heterocycles. The highest BCUT2D eigenvalue weighted by Gasteiger charge is 2.22. The van der Waals surface area contributed by atoms with Crippen LogP contribution in [0.25, 0.3) is 0 Å². The highest BCUT2D eigenvalue weighted by atomic mass is 19.4. The Bertz CT molecular complexity index is 391. The number of carbonyl (C=O) groups excluding carboxylic acids is 1. The lowest BCUT2D eigenvalue weighted by molar-refractivity contribution is -0.0799. The van der Waals surface area contributed by atoms with E-state index in [1.807, 2.05) is 0 Å². The first kappa shape index (κ1) is 11.5. The zero-order chi connectivity index (χ0) is 11.5. The van der Waals surface area contributed by atoms with Crippen molar-refractivity contribution in [1.29, 1.82) is 0 Å². The number of aryl methyl sites for hydroxylation is 1. The molecule has 1 aromatic carbocycles. The van der Waals surface area contributed by atoms with Crippen LogP contribution in [0.15, 0.2) is 36.4 Å². The molecule has 0 fully saturated rings. The fraction of sp³-hybridized carbons (Fsp3) is 0.182. The van der Waals surface area contributed by atoms with Crippen LogP contribution in [0.2, 0.25) is 0 Å². The lowest BCUT2D eigenvalue weighted by Crippen LogP contribution is -2.04. The maximum atomic E-state index is 11.8. The van der Waals surface area contributed by atoms with Gasteiger partial charge in [-0.1, -0.05) is 24.3 Å². The van der Waals surface area contributed by atoms with E-state index in [9.17, 15) is 18.0 Å². The van der Waals surface area contributed by atoms with Crippen molar-refractivity contribution < 1.29 is 18.0 Å². The van der Waals surface area contributed by atoms with E-state index in [0.29, 0.717) is 11.6 Å². The minimum absolute atomic E-state index is 0.0538. The van der Waals surface area contributed by atoms with Gasteiger partial charge in [-0.15, -0.1) is 0 Å². The zero-order valence-electron chi connectivity index (χ0n) is 8.01. The van der Waals surface area contributed by atoms with Crippen molar-refractivity contribution in [2.75, 3.05) is 0 Å². The average molecular weight is 214 g/mol. The average Bonchev–Trinajstić information content (AvgIpc) is 2.14. The highest BCUT2D eigenvalue weighted by molar-refractivity contribution is 6.05. The minimum atomic E-state index is -4.45. The summed E-state index contributed by atoms with van der Waals surface area (Å²) in [4.78, 5) is 11.3. The normalized spacial score (nSPS) is 12.0. The van der Waals surface area contributed by atoms with Crippen molar-refractivity contribution in [1.82, 2.24) is 0 Å². The van der Waals surface area contributed by atoms with Gasteiger partial charge in [0.2, 0.25) is 0 Å². The zero-order valence-corrected chi connectivity index (χ0v) is 8.01. The van der Waals surface area contributed by atoms with Crippen molar-refractivity contribution in [3.63, 3.8) is 0 Å². The molecule has 0 bridgehead atoms. The van der Waals surface area contributed by atoms with Crippen LogP contribution in [0.3, 0.4) is 0 Å². The second kappa shape index (κ2) is 4.29. The Labute approximate surface area is 85.2 Å². The molecule has 0 unspecified atom stereocenters. The van der Waals surface area contributed by atoms with Gasteiger partial charge in [0.1, 0.15) is 0 Å². The van der Waals surface area contributed by atoms with Gasteiger partial charge in [0.15, 0.2) is 5.78 Å². The van der Waals surface area contributed by atoms with Crippen molar-refractivity contribution in [3.8, 4) is 0 Å². The molecule has 80 valence electrons. The Morgan fingerprint density at radius 1 is 1.27 bits per heavy atom. The molecule has 0 aliphatic carbocycles. The largest absolute Gasteiger partial charge is 0.409 e. The molecule has 1 aromatic rings. The molecule has 0 spiro atoms. The molecule has 0 aliphatic rings. The number of allylic oxidation sites excluding steroid dienone is 2. The standard InChI is InChI=1S/C11H9F3O/c1-8-4-2-3-5-9(8)10(15)6-7-11(12,13)14/h2-7H,1H3/b7-6+. The summed E-state index contributed by atoms with van der Waals surface area (Å²) < 4.78 is 35.4. The van der Waals surface area contributed by atoms with Crippen molar-refractivity contribution in [2.45, 2.75) is 13.1 Å². The van der Waals surface area contributed by atoms with E-state index in [0.717, 1.165) is 0 Å². The number of rotatable bonds is 2. The van der Waals surface area contributed by atoms with Gasteiger partial charge in [0.05, 0.1) is 0 Å². The van der Waals surface area contributed by atoms with E-state index in [1.165, 1.54) is 6.07 Å². The van der Waals surface area contributed by atoms with Crippen LogP contribution in [0, 0.1) is 6.92 Å². The highest BCUT2D eigenvalue weighted by Crippen LogP contribution is 2.17. The minimum Gasteiger partial charge on any atom is -0.289 e. The van der Waals surface area contributed by atoms with E-state index in [-0.39, 0.29) is 11.6 Å². The van der Waals surface area contributed by atoms with E-state index in [4.69, 9.17) is 0 Å². The summed E-state index contributed by atoms with van der Waals surface area (Å²) in [5, 5.41) is 0. The molecule has 1 nitrogen and oxygen atoms in total. The first-order valence-electron chi connectivity index (χ1n) is 4.26. The summed E-state index contributed by atoms with van der Waals surface area (Å²) in [6.45, 7) is 1.68. The number of alkyl halides is 3. The number of halogens is 3. The summed E-state index contributed by atoms with van der Waals surface area (Å²) in [6, 6.07) is 6.51.